The third kappa shape index (κ3) is 5.36. The highest BCUT2D eigenvalue weighted by Gasteiger charge is 2.13. The first kappa shape index (κ1) is 23.3. The number of rotatable bonds is 7. The summed E-state index contributed by atoms with van der Waals surface area (Å²) in [6, 6.07) is 12.1. The maximum absolute atomic E-state index is 10.3. The number of nitrogens with zero attached hydrogens (tertiary/aromatic N) is 6. The van der Waals surface area contributed by atoms with Gasteiger partial charge >= 0.3 is 0 Å². The minimum Gasteiger partial charge on any atom is -0.504 e. The Morgan fingerprint density at radius 2 is 1.74 bits per heavy atom. The highest BCUT2D eigenvalue weighted by Crippen LogP contribution is 2.32. The number of methoxy groups -OCH3 is 1. The SMILES string of the molecule is COc1cc(Cl)cc(C=NNc2nc(Nc3ccc(Cl)cc3)nc(-n3nc(C)cc3C)n2)c1O. The van der Waals surface area contributed by atoms with Crippen molar-refractivity contribution in [2.75, 3.05) is 17.9 Å². The van der Waals surface area contributed by atoms with Gasteiger partial charge in [-0.15, -0.1) is 0 Å². The normalized spacial score (nSPS) is 11.1. The highest BCUT2D eigenvalue weighted by molar-refractivity contribution is 6.31. The Morgan fingerprint density at radius 1 is 1.00 bits per heavy atom. The summed E-state index contributed by atoms with van der Waals surface area (Å²) in [6.07, 6.45) is 1.38. The van der Waals surface area contributed by atoms with Crippen molar-refractivity contribution in [1.29, 1.82) is 0 Å². The van der Waals surface area contributed by atoms with Crippen molar-refractivity contribution in [2.45, 2.75) is 13.8 Å². The molecule has 2 heterocycles. The average Bonchev–Trinajstić information content (AvgIpc) is 3.15. The van der Waals surface area contributed by atoms with Crippen LogP contribution in [-0.4, -0.2) is 43.2 Å². The third-order valence-corrected chi connectivity index (χ3v) is 5.05. The van der Waals surface area contributed by atoms with Gasteiger partial charge in [-0.1, -0.05) is 23.2 Å². The summed E-state index contributed by atoms with van der Waals surface area (Å²) in [5.41, 5.74) is 5.52. The van der Waals surface area contributed by atoms with Gasteiger partial charge in [0.2, 0.25) is 11.9 Å². The number of hydrogen-bond donors (Lipinski definition) is 3. The zero-order valence-electron chi connectivity index (χ0n) is 18.4. The van der Waals surface area contributed by atoms with Gasteiger partial charge in [0.25, 0.3) is 5.95 Å². The van der Waals surface area contributed by atoms with E-state index in [9.17, 15) is 5.11 Å². The lowest BCUT2D eigenvalue weighted by Gasteiger charge is -2.10. The van der Waals surface area contributed by atoms with Crippen molar-refractivity contribution in [2.24, 2.45) is 5.10 Å². The van der Waals surface area contributed by atoms with Crippen LogP contribution in [0.5, 0.6) is 11.5 Å². The molecular formula is C22H20Cl2N8O2. The Hall–Kier alpha value is -3.89. The van der Waals surface area contributed by atoms with Crippen LogP contribution in [0.3, 0.4) is 0 Å². The summed E-state index contributed by atoms with van der Waals surface area (Å²) < 4.78 is 6.72. The molecule has 0 atom stereocenters. The minimum atomic E-state index is -0.0958. The number of phenolic OH excluding ortho intramolecular Hbond substituents is 1. The third-order valence-electron chi connectivity index (χ3n) is 4.58. The van der Waals surface area contributed by atoms with Gasteiger partial charge in [-0.3, -0.25) is 0 Å². The van der Waals surface area contributed by atoms with E-state index >= 15 is 0 Å². The Labute approximate surface area is 205 Å². The molecule has 0 fully saturated rings. The molecule has 34 heavy (non-hydrogen) atoms. The number of anilines is 3. The molecule has 0 spiro atoms. The fourth-order valence-electron chi connectivity index (χ4n) is 3.07. The number of aryl methyl sites for hydroxylation is 2. The monoisotopic (exact) mass is 498 g/mol. The lowest BCUT2D eigenvalue weighted by molar-refractivity contribution is 0.373. The summed E-state index contributed by atoms with van der Waals surface area (Å²) in [5.74, 6) is 0.850. The molecule has 10 nitrogen and oxygen atoms in total. The van der Waals surface area contributed by atoms with E-state index < -0.39 is 0 Å². The fourth-order valence-corrected chi connectivity index (χ4v) is 3.41. The van der Waals surface area contributed by atoms with Crippen LogP contribution in [0.15, 0.2) is 47.6 Å². The van der Waals surface area contributed by atoms with E-state index in [-0.39, 0.29) is 23.4 Å². The summed E-state index contributed by atoms with van der Waals surface area (Å²) in [5, 5.41) is 23.0. The highest BCUT2D eigenvalue weighted by atomic mass is 35.5. The van der Waals surface area contributed by atoms with Gasteiger partial charge in [0.15, 0.2) is 11.5 Å². The largest absolute Gasteiger partial charge is 0.504 e. The molecule has 2 aromatic heterocycles. The molecule has 0 aliphatic heterocycles. The van der Waals surface area contributed by atoms with Crippen LogP contribution < -0.4 is 15.5 Å². The molecule has 174 valence electrons. The first-order valence-electron chi connectivity index (χ1n) is 10.0. The van der Waals surface area contributed by atoms with Crippen LogP contribution in [0.25, 0.3) is 5.95 Å². The van der Waals surface area contributed by atoms with E-state index in [2.05, 4.69) is 35.9 Å². The van der Waals surface area contributed by atoms with Crippen LogP contribution in [0.1, 0.15) is 17.0 Å². The molecule has 0 aliphatic carbocycles. The number of phenols is 1. The van der Waals surface area contributed by atoms with Crippen LogP contribution in [0, 0.1) is 13.8 Å². The van der Waals surface area contributed by atoms with E-state index in [0.29, 0.717) is 21.6 Å². The van der Waals surface area contributed by atoms with Crippen molar-refractivity contribution in [1.82, 2.24) is 24.7 Å². The van der Waals surface area contributed by atoms with Gasteiger partial charge < -0.3 is 15.2 Å². The second-order valence-corrected chi connectivity index (χ2v) is 8.04. The lowest BCUT2D eigenvalue weighted by atomic mass is 10.2. The standard InChI is InChI=1S/C22H20Cl2N8O2/c1-12-8-13(2)32(31-12)22-28-20(26-17-6-4-15(23)5-7-17)27-21(29-22)30-25-11-14-9-16(24)10-18(34-3)19(14)33/h4-11,33H,1-3H3,(H2,26,27,28,29,30). The Bertz CT molecular complexity index is 1360. The summed E-state index contributed by atoms with van der Waals surface area (Å²) in [4.78, 5) is 13.3. The molecule has 0 amide bonds. The van der Waals surface area contributed by atoms with Gasteiger partial charge in [0.05, 0.1) is 19.0 Å². The second kappa shape index (κ2) is 9.94. The van der Waals surface area contributed by atoms with E-state index in [1.54, 1.807) is 35.0 Å². The number of aromatic nitrogens is 5. The quantitative estimate of drug-likeness (QED) is 0.243. The molecule has 0 bridgehead atoms. The molecule has 4 rings (SSSR count). The predicted octanol–water partition coefficient (Wildman–Crippen LogP) is 4.88. The smallest absolute Gasteiger partial charge is 0.257 e. The molecule has 2 aromatic carbocycles. The van der Waals surface area contributed by atoms with E-state index in [1.165, 1.54) is 19.4 Å². The van der Waals surface area contributed by atoms with E-state index in [1.807, 2.05) is 19.9 Å². The number of nitrogens with one attached hydrogen (secondary N) is 2. The number of aromatic hydroxyl groups is 1. The van der Waals surface area contributed by atoms with E-state index in [0.717, 1.165) is 17.1 Å². The Morgan fingerprint density at radius 3 is 2.41 bits per heavy atom. The molecule has 0 saturated carbocycles. The van der Waals surface area contributed by atoms with Gasteiger partial charge in [0.1, 0.15) is 0 Å². The Kier molecular flexibility index (Phi) is 6.80. The zero-order valence-corrected chi connectivity index (χ0v) is 19.9. The van der Waals surface area contributed by atoms with Crippen molar-refractivity contribution in [3.8, 4) is 17.4 Å². The zero-order chi connectivity index (χ0) is 24.2. The lowest BCUT2D eigenvalue weighted by Crippen LogP contribution is -2.11. The maximum Gasteiger partial charge on any atom is 0.257 e. The number of benzene rings is 2. The van der Waals surface area contributed by atoms with Gasteiger partial charge in [-0.2, -0.15) is 25.2 Å². The van der Waals surface area contributed by atoms with Crippen molar-refractivity contribution < 1.29 is 9.84 Å². The first-order valence-corrected chi connectivity index (χ1v) is 10.8. The number of ether oxygens (including phenoxy) is 1. The second-order valence-electron chi connectivity index (χ2n) is 7.17. The molecule has 0 aliphatic rings. The summed E-state index contributed by atoms with van der Waals surface area (Å²) in [6.45, 7) is 3.78. The van der Waals surface area contributed by atoms with Crippen LogP contribution >= 0.6 is 23.2 Å². The molecule has 12 heteroatoms. The van der Waals surface area contributed by atoms with E-state index in [4.69, 9.17) is 27.9 Å². The predicted molar refractivity (Wildman–Crippen MR) is 132 cm³/mol. The van der Waals surface area contributed by atoms with Crippen molar-refractivity contribution in [3.05, 3.63) is 69.5 Å². The maximum atomic E-state index is 10.3. The molecule has 0 saturated heterocycles. The molecule has 0 radical (unpaired) electrons. The van der Waals surface area contributed by atoms with Gasteiger partial charge in [-0.05, 0) is 50.2 Å². The molecule has 3 N–H and O–H groups in total. The van der Waals surface area contributed by atoms with Crippen LogP contribution in [0.2, 0.25) is 10.0 Å². The first-order chi connectivity index (χ1) is 16.3. The number of hydrogen-bond acceptors (Lipinski definition) is 9. The minimum absolute atomic E-state index is 0.0958. The van der Waals surface area contributed by atoms with Gasteiger partial charge in [-0.25, -0.2) is 10.1 Å². The Balaban J connectivity index is 1.66. The van der Waals surface area contributed by atoms with Crippen molar-refractivity contribution >= 4 is 47.0 Å². The number of hydrazone groups is 1. The fraction of sp³-hybridized carbons (Fsp3) is 0.136. The molecule has 4 aromatic rings. The van der Waals surface area contributed by atoms with Crippen molar-refractivity contribution in [3.63, 3.8) is 0 Å². The average molecular weight is 499 g/mol. The topological polar surface area (TPSA) is 122 Å². The number of halogens is 2. The summed E-state index contributed by atoms with van der Waals surface area (Å²) >= 11 is 12.0. The van der Waals surface area contributed by atoms with Crippen LogP contribution in [-0.2, 0) is 0 Å². The molecular weight excluding hydrogens is 479 g/mol. The van der Waals surface area contributed by atoms with Gasteiger partial charge in [0, 0.05) is 33.1 Å². The van der Waals surface area contributed by atoms with Crippen LogP contribution in [0.4, 0.5) is 17.6 Å². The summed E-state index contributed by atoms with van der Waals surface area (Å²) in [7, 11) is 1.44. The molecule has 0 unspecified atom stereocenters.